The van der Waals surface area contributed by atoms with Crippen molar-refractivity contribution in [2.75, 3.05) is 19.0 Å². The van der Waals surface area contributed by atoms with Crippen LogP contribution in [0.25, 0.3) is 0 Å². The number of hydrogen-bond acceptors (Lipinski definition) is 2. The van der Waals surface area contributed by atoms with Gasteiger partial charge in [-0.3, -0.25) is 4.79 Å². The molecule has 0 radical (unpaired) electrons. The van der Waals surface area contributed by atoms with Crippen LogP contribution in [0.5, 0.6) is 0 Å². The maximum absolute atomic E-state index is 11.7. The third-order valence-electron chi connectivity index (χ3n) is 4.12. The lowest BCUT2D eigenvalue weighted by atomic mass is 9.90. The summed E-state index contributed by atoms with van der Waals surface area (Å²) in [5, 5.41) is 9.58. The fourth-order valence-corrected chi connectivity index (χ4v) is 2.49. The Bertz CT molecular complexity index is 660. The summed E-state index contributed by atoms with van der Waals surface area (Å²) >= 11 is 0. The number of nitrogens with zero attached hydrogens (tertiary/aromatic N) is 1. The molecule has 0 bridgehead atoms. The van der Waals surface area contributed by atoms with Crippen molar-refractivity contribution >= 4 is 11.7 Å². The maximum Gasteiger partial charge on any atom is 0.311 e. The average Bonchev–Trinajstić information content (AvgIpc) is 2.48. The first-order valence-electron chi connectivity index (χ1n) is 7.44. The average molecular weight is 297 g/mol. The molecule has 2 aromatic rings. The molecule has 0 aromatic heterocycles. The molecule has 0 aliphatic rings. The van der Waals surface area contributed by atoms with Crippen LogP contribution in [-0.4, -0.2) is 25.2 Å². The number of anilines is 1. The zero-order valence-electron chi connectivity index (χ0n) is 13.6. The van der Waals surface area contributed by atoms with Crippen LogP contribution in [0.2, 0.25) is 0 Å². The predicted molar refractivity (Wildman–Crippen MR) is 90.8 cm³/mol. The Morgan fingerprint density at radius 2 is 1.68 bits per heavy atom. The molecule has 0 aliphatic carbocycles. The van der Waals surface area contributed by atoms with Gasteiger partial charge in [0.25, 0.3) is 0 Å². The van der Waals surface area contributed by atoms with Crippen molar-refractivity contribution in [3.05, 3.63) is 64.7 Å². The molecule has 116 valence electrons. The van der Waals surface area contributed by atoms with Crippen molar-refractivity contribution in [2.45, 2.75) is 26.2 Å². The Morgan fingerprint density at radius 3 is 2.18 bits per heavy atom. The van der Waals surface area contributed by atoms with Gasteiger partial charge in [-0.1, -0.05) is 30.3 Å². The van der Waals surface area contributed by atoms with Crippen LogP contribution in [0.4, 0.5) is 5.69 Å². The summed E-state index contributed by atoms with van der Waals surface area (Å²) in [5.74, 6) is -1.29. The van der Waals surface area contributed by atoms with Gasteiger partial charge >= 0.3 is 5.97 Å². The van der Waals surface area contributed by atoms with Gasteiger partial charge < -0.3 is 10.0 Å². The van der Waals surface area contributed by atoms with Crippen molar-refractivity contribution in [3.8, 4) is 0 Å². The Morgan fingerprint density at radius 1 is 1.05 bits per heavy atom. The first-order chi connectivity index (χ1) is 10.4. The van der Waals surface area contributed by atoms with Crippen LogP contribution < -0.4 is 4.90 Å². The molecule has 1 N–H and O–H groups in total. The fraction of sp³-hybridized carbons (Fsp3) is 0.316. The molecule has 22 heavy (non-hydrogen) atoms. The maximum atomic E-state index is 11.7. The molecule has 2 rings (SSSR count). The predicted octanol–water partition coefficient (Wildman–Crippen LogP) is 3.78. The Balaban J connectivity index is 2.25. The van der Waals surface area contributed by atoms with Crippen molar-refractivity contribution in [1.29, 1.82) is 0 Å². The molecule has 2 aromatic carbocycles. The van der Waals surface area contributed by atoms with Gasteiger partial charge in [-0.2, -0.15) is 0 Å². The number of aliphatic carboxylic acids is 1. The quantitative estimate of drug-likeness (QED) is 0.913. The number of carboxylic acids is 1. The summed E-state index contributed by atoms with van der Waals surface area (Å²) < 4.78 is 0. The highest BCUT2D eigenvalue weighted by molar-refractivity contribution is 5.76. The largest absolute Gasteiger partial charge is 0.481 e. The number of benzene rings is 2. The van der Waals surface area contributed by atoms with Crippen molar-refractivity contribution in [3.63, 3.8) is 0 Å². The number of carbonyl (C=O) groups is 1. The van der Waals surface area contributed by atoms with Gasteiger partial charge in [0.15, 0.2) is 0 Å². The number of rotatable bonds is 5. The molecular formula is C19H23NO2. The van der Waals surface area contributed by atoms with Gasteiger partial charge in [0, 0.05) is 19.8 Å². The van der Waals surface area contributed by atoms with E-state index in [9.17, 15) is 9.90 Å². The second-order valence-electron chi connectivity index (χ2n) is 6.00. The molecule has 1 atom stereocenters. The highest BCUT2D eigenvalue weighted by atomic mass is 16.4. The molecule has 1 unspecified atom stereocenters. The molecule has 3 heteroatoms. The van der Waals surface area contributed by atoms with Crippen LogP contribution in [0.1, 0.15) is 28.2 Å². The van der Waals surface area contributed by atoms with Crippen molar-refractivity contribution in [2.24, 2.45) is 0 Å². The lowest BCUT2D eigenvalue weighted by Crippen LogP contribution is -2.15. The third kappa shape index (κ3) is 3.67. The summed E-state index contributed by atoms with van der Waals surface area (Å²) in [6.07, 6.45) is 0.505. The standard InChI is InChI=1S/C19H23NO2/c1-13-5-8-16(11-14(13)2)18(19(21)22)12-15-6-9-17(10-7-15)20(3)4/h5-11,18H,12H2,1-4H3,(H,21,22). The SMILES string of the molecule is Cc1ccc(C(Cc2ccc(N(C)C)cc2)C(=O)O)cc1C. The van der Waals surface area contributed by atoms with E-state index >= 15 is 0 Å². The van der Waals surface area contributed by atoms with E-state index in [-0.39, 0.29) is 0 Å². The monoisotopic (exact) mass is 297 g/mol. The summed E-state index contributed by atoms with van der Waals surface area (Å²) in [6, 6.07) is 14.0. The van der Waals surface area contributed by atoms with E-state index in [0.717, 1.165) is 22.4 Å². The van der Waals surface area contributed by atoms with Gasteiger partial charge in [0.2, 0.25) is 0 Å². The van der Waals surface area contributed by atoms with E-state index in [1.54, 1.807) is 0 Å². The number of hydrogen-bond donors (Lipinski definition) is 1. The zero-order chi connectivity index (χ0) is 16.3. The van der Waals surface area contributed by atoms with Crippen LogP contribution in [0, 0.1) is 13.8 Å². The molecule has 0 aliphatic heterocycles. The van der Waals surface area contributed by atoms with E-state index in [4.69, 9.17) is 0 Å². The normalized spacial score (nSPS) is 12.0. The van der Waals surface area contributed by atoms with Gasteiger partial charge in [-0.25, -0.2) is 0 Å². The molecule has 3 nitrogen and oxygen atoms in total. The second kappa shape index (κ2) is 6.65. The van der Waals surface area contributed by atoms with Crippen molar-refractivity contribution in [1.82, 2.24) is 0 Å². The van der Waals surface area contributed by atoms with Gasteiger partial charge in [-0.15, -0.1) is 0 Å². The minimum absolute atomic E-state index is 0.505. The first-order valence-corrected chi connectivity index (χ1v) is 7.44. The second-order valence-corrected chi connectivity index (χ2v) is 6.00. The minimum Gasteiger partial charge on any atom is -0.481 e. The lowest BCUT2D eigenvalue weighted by Gasteiger charge is -2.16. The van der Waals surface area contributed by atoms with Crippen molar-refractivity contribution < 1.29 is 9.90 Å². The van der Waals surface area contributed by atoms with Crippen LogP contribution in [0.15, 0.2) is 42.5 Å². The highest BCUT2D eigenvalue weighted by Gasteiger charge is 2.20. The van der Waals surface area contributed by atoms with Crippen LogP contribution >= 0.6 is 0 Å². The van der Waals surface area contributed by atoms with E-state index in [1.165, 1.54) is 5.56 Å². The molecule has 0 amide bonds. The first kappa shape index (κ1) is 16.1. The van der Waals surface area contributed by atoms with Gasteiger partial charge in [0.1, 0.15) is 0 Å². The topological polar surface area (TPSA) is 40.5 Å². The fourth-order valence-electron chi connectivity index (χ4n) is 2.49. The molecule has 0 saturated carbocycles. The molecule has 0 saturated heterocycles. The van der Waals surface area contributed by atoms with E-state index in [0.29, 0.717) is 6.42 Å². The van der Waals surface area contributed by atoms with E-state index < -0.39 is 11.9 Å². The molecule has 0 heterocycles. The Labute approximate surface area is 132 Å². The summed E-state index contributed by atoms with van der Waals surface area (Å²) in [6.45, 7) is 4.05. The Hall–Kier alpha value is -2.29. The third-order valence-corrected chi connectivity index (χ3v) is 4.12. The van der Waals surface area contributed by atoms with Gasteiger partial charge in [0.05, 0.1) is 5.92 Å². The summed E-state index contributed by atoms with van der Waals surface area (Å²) in [5.41, 5.74) is 5.33. The number of aryl methyl sites for hydroxylation is 2. The zero-order valence-corrected chi connectivity index (χ0v) is 13.6. The molecule has 0 fully saturated rings. The molecular weight excluding hydrogens is 274 g/mol. The van der Waals surface area contributed by atoms with Gasteiger partial charge in [-0.05, 0) is 54.7 Å². The minimum atomic E-state index is -0.778. The highest BCUT2D eigenvalue weighted by Crippen LogP contribution is 2.24. The van der Waals surface area contributed by atoms with Crippen LogP contribution in [-0.2, 0) is 11.2 Å². The number of carboxylic acid groups (broad SMARTS) is 1. The van der Waals surface area contributed by atoms with Crippen LogP contribution in [0.3, 0.4) is 0 Å². The smallest absolute Gasteiger partial charge is 0.311 e. The Kier molecular flexibility index (Phi) is 4.86. The molecule has 0 spiro atoms. The summed E-state index contributed by atoms with van der Waals surface area (Å²) in [7, 11) is 3.98. The van der Waals surface area contributed by atoms with E-state index in [1.807, 2.05) is 75.3 Å². The summed E-state index contributed by atoms with van der Waals surface area (Å²) in [4.78, 5) is 13.7. The van der Waals surface area contributed by atoms with E-state index in [2.05, 4.69) is 0 Å². The lowest BCUT2D eigenvalue weighted by molar-refractivity contribution is -0.138.